The standard InChI is InChI=1S/C8H12FN3/c1-6-4-7(11-5-12-10)2-3-8(6)9/h2-4,11-12H,5,10H2,1H3. The normalized spacial score (nSPS) is 9.92. The van der Waals surface area contributed by atoms with Gasteiger partial charge in [0.05, 0.1) is 6.67 Å². The summed E-state index contributed by atoms with van der Waals surface area (Å²) in [6.07, 6.45) is 0. The van der Waals surface area contributed by atoms with E-state index in [-0.39, 0.29) is 5.82 Å². The molecule has 0 amide bonds. The van der Waals surface area contributed by atoms with Crippen molar-refractivity contribution in [2.24, 2.45) is 5.84 Å². The number of nitrogens with one attached hydrogen (secondary N) is 2. The van der Waals surface area contributed by atoms with Gasteiger partial charge in [-0.2, -0.15) is 0 Å². The van der Waals surface area contributed by atoms with Gasteiger partial charge in [-0.25, -0.2) is 9.82 Å². The molecule has 3 nitrogen and oxygen atoms in total. The molecule has 0 aliphatic heterocycles. The summed E-state index contributed by atoms with van der Waals surface area (Å²) in [6, 6.07) is 4.82. The van der Waals surface area contributed by atoms with E-state index in [1.54, 1.807) is 19.1 Å². The fourth-order valence-electron chi connectivity index (χ4n) is 0.908. The van der Waals surface area contributed by atoms with Crippen LogP contribution in [0.3, 0.4) is 0 Å². The van der Waals surface area contributed by atoms with Gasteiger partial charge >= 0.3 is 0 Å². The fourth-order valence-corrected chi connectivity index (χ4v) is 0.908. The lowest BCUT2D eigenvalue weighted by Gasteiger charge is -2.05. The highest BCUT2D eigenvalue weighted by Gasteiger charge is 1.96. The Bertz CT molecular complexity index is 262. The van der Waals surface area contributed by atoms with E-state index in [0.717, 1.165) is 5.69 Å². The smallest absolute Gasteiger partial charge is 0.126 e. The fraction of sp³-hybridized carbons (Fsp3) is 0.250. The molecule has 1 aromatic carbocycles. The van der Waals surface area contributed by atoms with Crippen molar-refractivity contribution >= 4 is 5.69 Å². The number of rotatable bonds is 3. The molecule has 0 spiro atoms. The summed E-state index contributed by atoms with van der Waals surface area (Å²) in [6.45, 7) is 2.18. The van der Waals surface area contributed by atoms with Gasteiger partial charge in [-0.05, 0) is 30.7 Å². The molecule has 0 saturated heterocycles. The maximum Gasteiger partial charge on any atom is 0.126 e. The Hall–Kier alpha value is -1.13. The van der Waals surface area contributed by atoms with Crippen LogP contribution in [0.1, 0.15) is 5.56 Å². The molecule has 0 aromatic heterocycles. The van der Waals surface area contributed by atoms with Crippen molar-refractivity contribution in [1.29, 1.82) is 0 Å². The molecule has 0 aliphatic rings. The minimum Gasteiger partial charge on any atom is -0.371 e. The zero-order valence-corrected chi connectivity index (χ0v) is 6.89. The van der Waals surface area contributed by atoms with E-state index >= 15 is 0 Å². The summed E-state index contributed by atoms with van der Waals surface area (Å²) in [7, 11) is 0. The Morgan fingerprint density at radius 2 is 2.25 bits per heavy atom. The molecule has 0 bridgehead atoms. The van der Waals surface area contributed by atoms with Crippen molar-refractivity contribution in [3.05, 3.63) is 29.6 Å². The summed E-state index contributed by atoms with van der Waals surface area (Å²) in [5, 5.41) is 2.96. The van der Waals surface area contributed by atoms with Crippen LogP contribution >= 0.6 is 0 Å². The Kier molecular flexibility index (Phi) is 3.01. The SMILES string of the molecule is Cc1cc(NCNN)ccc1F. The largest absolute Gasteiger partial charge is 0.371 e. The molecule has 0 atom stereocenters. The number of hydrogen-bond acceptors (Lipinski definition) is 3. The average Bonchev–Trinajstić information content (AvgIpc) is 2.07. The van der Waals surface area contributed by atoms with Gasteiger partial charge in [0.1, 0.15) is 5.82 Å². The third-order valence-corrected chi connectivity index (χ3v) is 1.55. The third-order valence-electron chi connectivity index (χ3n) is 1.55. The molecular formula is C8H12FN3. The van der Waals surface area contributed by atoms with Crippen LogP contribution in [0.2, 0.25) is 0 Å². The van der Waals surface area contributed by atoms with Crippen molar-refractivity contribution in [1.82, 2.24) is 5.43 Å². The molecule has 0 saturated carbocycles. The van der Waals surface area contributed by atoms with Gasteiger partial charge in [0.15, 0.2) is 0 Å². The zero-order valence-electron chi connectivity index (χ0n) is 6.89. The molecule has 0 aliphatic carbocycles. The number of hydrazine groups is 1. The Balaban J connectivity index is 2.69. The molecular weight excluding hydrogens is 157 g/mol. The first-order valence-electron chi connectivity index (χ1n) is 3.67. The molecule has 1 aromatic rings. The predicted molar refractivity (Wildman–Crippen MR) is 46.9 cm³/mol. The van der Waals surface area contributed by atoms with Gasteiger partial charge in [-0.3, -0.25) is 5.84 Å². The number of benzene rings is 1. The van der Waals surface area contributed by atoms with Crippen molar-refractivity contribution in [3.63, 3.8) is 0 Å². The predicted octanol–water partition coefficient (Wildman–Crippen LogP) is 0.967. The number of halogens is 1. The lowest BCUT2D eigenvalue weighted by molar-refractivity contribution is 0.618. The average molecular weight is 169 g/mol. The van der Waals surface area contributed by atoms with Gasteiger partial charge < -0.3 is 5.32 Å². The van der Waals surface area contributed by atoms with E-state index < -0.39 is 0 Å². The van der Waals surface area contributed by atoms with E-state index in [1.807, 2.05) is 0 Å². The summed E-state index contributed by atoms with van der Waals surface area (Å²) in [5.74, 6) is 4.86. The molecule has 0 fully saturated rings. The number of anilines is 1. The highest BCUT2D eigenvalue weighted by molar-refractivity contribution is 5.45. The van der Waals surface area contributed by atoms with E-state index in [1.165, 1.54) is 6.07 Å². The first-order valence-corrected chi connectivity index (χ1v) is 3.67. The highest BCUT2D eigenvalue weighted by Crippen LogP contribution is 2.12. The molecule has 66 valence electrons. The second kappa shape index (κ2) is 4.04. The van der Waals surface area contributed by atoms with Crippen LogP contribution in [0.15, 0.2) is 18.2 Å². The van der Waals surface area contributed by atoms with Gasteiger partial charge in [0.25, 0.3) is 0 Å². The maximum absolute atomic E-state index is 12.8. The molecule has 4 heteroatoms. The first-order chi connectivity index (χ1) is 5.74. The Morgan fingerprint density at radius 3 is 2.83 bits per heavy atom. The van der Waals surface area contributed by atoms with E-state index in [0.29, 0.717) is 12.2 Å². The van der Waals surface area contributed by atoms with E-state index in [9.17, 15) is 4.39 Å². The third kappa shape index (κ3) is 2.18. The molecule has 12 heavy (non-hydrogen) atoms. The molecule has 0 radical (unpaired) electrons. The minimum absolute atomic E-state index is 0.193. The van der Waals surface area contributed by atoms with Crippen molar-refractivity contribution in [2.75, 3.05) is 12.0 Å². The number of hydrogen-bond donors (Lipinski definition) is 3. The van der Waals surface area contributed by atoms with Crippen molar-refractivity contribution < 1.29 is 4.39 Å². The van der Waals surface area contributed by atoms with Crippen molar-refractivity contribution in [2.45, 2.75) is 6.92 Å². The van der Waals surface area contributed by atoms with E-state index in [2.05, 4.69) is 10.7 Å². The van der Waals surface area contributed by atoms with E-state index in [4.69, 9.17) is 5.84 Å². The van der Waals surface area contributed by atoms with Crippen LogP contribution in [0, 0.1) is 12.7 Å². The lowest BCUT2D eigenvalue weighted by Crippen LogP contribution is -2.28. The maximum atomic E-state index is 12.8. The van der Waals surface area contributed by atoms with Crippen LogP contribution < -0.4 is 16.6 Å². The first kappa shape index (κ1) is 8.96. The van der Waals surface area contributed by atoms with Crippen LogP contribution in [-0.2, 0) is 0 Å². The van der Waals surface area contributed by atoms with Gasteiger partial charge in [0, 0.05) is 5.69 Å². The van der Waals surface area contributed by atoms with Crippen LogP contribution in [-0.4, -0.2) is 6.67 Å². The number of nitrogens with two attached hydrogens (primary N) is 1. The van der Waals surface area contributed by atoms with Gasteiger partial charge in [-0.15, -0.1) is 0 Å². The summed E-state index contributed by atoms with van der Waals surface area (Å²) >= 11 is 0. The van der Waals surface area contributed by atoms with Crippen molar-refractivity contribution in [3.8, 4) is 0 Å². The summed E-state index contributed by atoms with van der Waals surface area (Å²) in [5.41, 5.74) is 3.92. The topological polar surface area (TPSA) is 50.1 Å². The van der Waals surface area contributed by atoms with Gasteiger partial charge in [-0.1, -0.05) is 0 Å². The molecule has 4 N–H and O–H groups in total. The Labute approximate surface area is 70.7 Å². The van der Waals surface area contributed by atoms with Crippen LogP contribution in [0.25, 0.3) is 0 Å². The van der Waals surface area contributed by atoms with Gasteiger partial charge in [0.2, 0.25) is 0 Å². The quantitative estimate of drug-likeness (QED) is 0.359. The molecule has 1 rings (SSSR count). The summed E-state index contributed by atoms with van der Waals surface area (Å²) in [4.78, 5) is 0. The minimum atomic E-state index is -0.193. The monoisotopic (exact) mass is 169 g/mol. The zero-order chi connectivity index (χ0) is 8.97. The highest BCUT2D eigenvalue weighted by atomic mass is 19.1. The van der Waals surface area contributed by atoms with Crippen LogP contribution in [0.4, 0.5) is 10.1 Å². The Morgan fingerprint density at radius 1 is 1.50 bits per heavy atom. The van der Waals surface area contributed by atoms with Crippen LogP contribution in [0.5, 0.6) is 0 Å². The lowest BCUT2D eigenvalue weighted by atomic mass is 10.2. The summed E-state index contributed by atoms with van der Waals surface area (Å²) < 4.78 is 12.8. The second-order valence-corrected chi connectivity index (χ2v) is 2.52. The molecule has 0 unspecified atom stereocenters. The number of aryl methyl sites for hydroxylation is 1. The molecule has 0 heterocycles. The second-order valence-electron chi connectivity index (χ2n) is 2.52.